The van der Waals surface area contributed by atoms with Crippen molar-refractivity contribution in [3.05, 3.63) is 41.5 Å². The highest BCUT2D eigenvalue weighted by Gasteiger charge is 2.38. The molecule has 2 amide bonds. The summed E-state index contributed by atoms with van der Waals surface area (Å²) in [6.45, 7) is 3.23. The fraction of sp³-hybridized carbons (Fsp3) is 0.462. The van der Waals surface area contributed by atoms with Crippen molar-refractivity contribution in [3.8, 4) is 28.7 Å². The number of likely N-dealkylation sites (tertiary alicyclic amines) is 1. The fourth-order valence-corrected chi connectivity index (χ4v) is 4.18. The van der Waals surface area contributed by atoms with Crippen LogP contribution < -0.4 is 29.0 Å². The molecular formula is C26H34N2O7. The van der Waals surface area contributed by atoms with Gasteiger partial charge in [0.1, 0.15) is 11.5 Å². The van der Waals surface area contributed by atoms with Crippen molar-refractivity contribution in [2.24, 2.45) is 5.41 Å². The molecule has 0 bridgehead atoms. The molecule has 0 saturated carbocycles. The van der Waals surface area contributed by atoms with Crippen LogP contribution in [0.4, 0.5) is 0 Å². The van der Waals surface area contributed by atoms with E-state index in [1.807, 2.05) is 19.1 Å². The van der Waals surface area contributed by atoms with E-state index in [0.717, 1.165) is 5.56 Å². The van der Waals surface area contributed by atoms with Crippen molar-refractivity contribution in [3.63, 3.8) is 0 Å². The van der Waals surface area contributed by atoms with Crippen molar-refractivity contribution < 1.29 is 33.3 Å². The first-order chi connectivity index (χ1) is 16.8. The lowest BCUT2D eigenvalue weighted by Gasteiger charge is -2.38. The van der Waals surface area contributed by atoms with Gasteiger partial charge in [-0.15, -0.1) is 0 Å². The molecule has 1 fully saturated rings. The zero-order valence-electron chi connectivity index (χ0n) is 21.2. The first-order valence-electron chi connectivity index (χ1n) is 11.4. The van der Waals surface area contributed by atoms with Crippen LogP contribution in [0.25, 0.3) is 0 Å². The fourth-order valence-electron chi connectivity index (χ4n) is 4.18. The topological polar surface area (TPSA) is 95.6 Å². The summed E-state index contributed by atoms with van der Waals surface area (Å²) in [6.07, 6.45) is 1.10. The van der Waals surface area contributed by atoms with Gasteiger partial charge in [-0.05, 0) is 42.7 Å². The number of piperidine rings is 1. The van der Waals surface area contributed by atoms with Crippen LogP contribution in [0.15, 0.2) is 30.3 Å². The molecule has 2 aromatic rings. The van der Waals surface area contributed by atoms with Crippen molar-refractivity contribution in [1.82, 2.24) is 10.2 Å². The quantitative estimate of drug-likeness (QED) is 0.581. The van der Waals surface area contributed by atoms with E-state index in [1.165, 1.54) is 21.3 Å². The second-order valence-electron chi connectivity index (χ2n) is 8.67. The standard InChI is InChI=1S/C26H34N2O7/c1-26(25(30)27-16-17-11-19(31-2)15-20(12-17)32-3)7-9-28(10-8-26)24(29)18-13-21(33-4)23(35-6)22(14-18)34-5/h11-15H,7-10,16H2,1-6H3,(H,27,30). The molecule has 2 aromatic carbocycles. The lowest BCUT2D eigenvalue weighted by molar-refractivity contribution is -0.132. The zero-order valence-corrected chi connectivity index (χ0v) is 21.2. The third kappa shape index (κ3) is 5.72. The number of rotatable bonds is 9. The smallest absolute Gasteiger partial charge is 0.254 e. The van der Waals surface area contributed by atoms with Gasteiger partial charge in [0.25, 0.3) is 5.91 Å². The molecule has 3 rings (SSSR count). The average Bonchev–Trinajstić information content (AvgIpc) is 2.90. The van der Waals surface area contributed by atoms with Gasteiger partial charge in [0.05, 0.1) is 35.5 Å². The van der Waals surface area contributed by atoms with Gasteiger partial charge < -0.3 is 33.9 Å². The van der Waals surface area contributed by atoms with Crippen LogP contribution in [0, 0.1) is 5.41 Å². The van der Waals surface area contributed by atoms with Crippen LogP contribution in [0.1, 0.15) is 35.7 Å². The van der Waals surface area contributed by atoms with E-state index in [4.69, 9.17) is 23.7 Å². The number of carbonyl (C=O) groups excluding carboxylic acids is 2. The predicted octanol–water partition coefficient (Wildman–Crippen LogP) is 3.29. The summed E-state index contributed by atoms with van der Waals surface area (Å²) in [5.41, 5.74) is 0.752. The minimum Gasteiger partial charge on any atom is -0.497 e. The average molecular weight is 487 g/mol. The SMILES string of the molecule is COc1cc(CNC(=O)C2(C)CCN(C(=O)c3cc(OC)c(OC)c(OC)c3)CC2)cc(OC)c1. The monoisotopic (exact) mass is 486 g/mol. The number of carbonyl (C=O) groups is 2. The number of hydrogen-bond acceptors (Lipinski definition) is 7. The Morgan fingerprint density at radius 1 is 0.829 bits per heavy atom. The van der Waals surface area contributed by atoms with Crippen molar-refractivity contribution >= 4 is 11.8 Å². The Labute approximate surface area is 206 Å². The van der Waals surface area contributed by atoms with Crippen LogP contribution in [0.2, 0.25) is 0 Å². The molecular weight excluding hydrogens is 452 g/mol. The van der Waals surface area contributed by atoms with E-state index in [1.54, 1.807) is 37.3 Å². The number of nitrogens with one attached hydrogen (secondary N) is 1. The van der Waals surface area contributed by atoms with Gasteiger partial charge in [-0.2, -0.15) is 0 Å². The highest BCUT2D eigenvalue weighted by molar-refractivity contribution is 5.96. The maximum absolute atomic E-state index is 13.2. The largest absolute Gasteiger partial charge is 0.497 e. The number of methoxy groups -OCH3 is 5. The first-order valence-corrected chi connectivity index (χ1v) is 11.4. The van der Waals surface area contributed by atoms with E-state index in [9.17, 15) is 9.59 Å². The van der Waals surface area contributed by atoms with E-state index in [2.05, 4.69) is 5.32 Å². The summed E-state index contributed by atoms with van der Waals surface area (Å²) in [7, 11) is 7.72. The Morgan fingerprint density at radius 3 is 1.83 bits per heavy atom. The minimum atomic E-state index is -0.574. The number of hydrogen-bond donors (Lipinski definition) is 1. The molecule has 0 aliphatic carbocycles. The Balaban J connectivity index is 1.64. The van der Waals surface area contributed by atoms with Gasteiger partial charge in [-0.1, -0.05) is 6.92 Å². The van der Waals surface area contributed by atoms with Gasteiger partial charge in [0.15, 0.2) is 11.5 Å². The molecule has 0 aromatic heterocycles. The lowest BCUT2D eigenvalue weighted by atomic mass is 9.79. The van der Waals surface area contributed by atoms with Crippen molar-refractivity contribution in [1.29, 1.82) is 0 Å². The normalized spacial score (nSPS) is 14.6. The zero-order chi connectivity index (χ0) is 25.6. The molecule has 1 heterocycles. The number of benzene rings is 2. The summed E-state index contributed by atoms with van der Waals surface area (Å²) in [5.74, 6) is 2.42. The molecule has 0 radical (unpaired) electrons. The van der Waals surface area contributed by atoms with E-state index in [0.29, 0.717) is 66.8 Å². The van der Waals surface area contributed by atoms with Crippen LogP contribution >= 0.6 is 0 Å². The van der Waals surface area contributed by atoms with Crippen LogP contribution in [-0.2, 0) is 11.3 Å². The molecule has 0 unspecified atom stereocenters. The summed E-state index contributed by atoms with van der Waals surface area (Å²) in [5, 5.41) is 3.03. The molecule has 0 spiro atoms. The lowest BCUT2D eigenvalue weighted by Crippen LogP contribution is -2.48. The van der Waals surface area contributed by atoms with Gasteiger partial charge in [-0.25, -0.2) is 0 Å². The first kappa shape index (κ1) is 26.0. The second kappa shape index (κ2) is 11.2. The van der Waals surface area contributed by atoms with E-state index < -0.39 is 5.41 Å². The molecule has 1 aliphatic heterocycles. The Hall–Kier alpha value is -3.62. The highest BCUT2D eigenvalue weighted by atomic mass is 16.5. The van der Waals surface area contributed by atoms with E-state index >= 15 is 0 Å². The molecule has 1 aliphatic rings. The maximum atomic E-state index is 13.2. The minimum absolute atomic E-state index is 0.0424. The third-order valence-electron chi connectivity index (χ3n) is 6.48. The van der Waals surface area contributed by atoms with Gasteiger partial charge in [-0.3, -0.25) is 9.59 Å². The predicted molar refractivity (Wildman–Crippen MR) is 131 cm³/mol. The third-order valence-corrected chi connectivity index (χ3v) is 6.48. The second-order valence-corrected chi connectivity index (χ2v) is 8.67. The molecule has 9 nitrogen and oxygen atoms in total. The maximum Gasteiger partial charge on any atom is 0.254 e. The highest BCUT2D eigenvalue weighted by Crippen LogP contribution is 2.39. The number of amides is 2. The van der Waals surface area contributed by atoms with Crippen LogP contribution in [0.5, 0.6) is 28.7 Å². The Morgan fingerprint density at radius 2 is 1.37 bits per heavy atom. The van der Waals surface area contributed by atoms with Crippen LogP contribution in [-0.4, -0.2) is 65.4 Å². The van der Waals surface area contributed by atoms with Crippen molar-refractivity contribution in [2.75, 3.05) is 48.6 Å². The molecule has 1 N–H and O–H groups in total. The van der Waals surface area contributed by atoms with Crippen LogP contribution in [0.3, 0.4) is 0 Å². The van der Waals surface area contributed by atoms with Crippen molar-refractivity contribution in [2.45, 2.75) is 26.3 Å². The Kier molecular flexibility index (Phi) is 8.32. The Bertz CT molecular complexity index is 1010. The summed E-state index contributed by atoms with van der Waals surface area (Å²) in [4.78, 5) is 28.0. The molecule has 9 heteroatoms. The van der Waals surface area contributed by atoms with Gasteiger partial charge in [0.2, 0.25) is 11.7 Å². The summed E-state index contributed by atoms with van der Waals surface area (Å²) in [6, 6.07) is 8.81. The molecule has 0 atom stereocenters. The molecule has 190 valence electrons. The number of ether oxygens (including phenoxy) is 5. The van der Waals surface area contributed by atoms with Gasteiger partial charge >= 0.3 is 0 Å². The van der Waals surface area contributed by atoms with E-state index in [-0.39, 0.29) is 11.8 Å². The molecule has 1 saturated heterocycles. The number of nitrogens with zero attached hydrogens (tertiary/aromatic N) is 1. The summed E-state index contributed by atoms with van der Waals surface area (Å²) < 4.78 is 26.7. The molecule has 35 heavy (non-hydrogen) atoms. The summed E-state index contributed by atoms with van der Waals surface area (Å²) >= 11 is 0. The van der Waals surface area contributed by atoms with Gasteiger partial charge in [0, 0.05) is 36.7 Å².